The third kappa shape index (κ3) is 3.96. The van der Waals surface area contributed by atoms with Gasteiger partial charge in [-0.3, -0.25) is 4.79 Å². The molecule has 0 saturated carbocycles. The van der Waals surface area contributed by atoms with E-state index in [2.05, 4.69) is 20.2 Å². The van der Waals surface area contributed by atoms with Crippen molar-refractivity contribution in [3.63, 3.8) is 0 Å². The molecule has 29 heavy (non-hydrogen) atoms. The fourth-order valence-electron chi connectivity index (χ4n) is 4.87. The number of amides is 1. The lowest BCUT2D eigenvalue weighted by Gasteiger charge is -2.44. The quantitative estimate of drug-likeness (QED) is 0.843. The first-order valence-corrected chi connectivity index (χ1v) is 10.8. The molecule has 8 heteroatoms. The van der Waals surface area contributed by atoms with Gasteiger partial charge in [-0.05, 0) is 43.7 Å². The molecule has 5 heterocycles. The Bertz CT molecular complexity index is 820. The Hall–Kier alpha value is -2.19. The Kier molecular flexibility index (Phi) is 5.13. The van der Waals surface area contributed by atoms with Crippen LogP contribution in [0.2, 0.25) is 0 Å². The van der Waals surface area contributed by atoms with Crippen molar-refractivity contribution in [2.24, 2.45) is 5.92 Å². The van der Waals surface area contributed by atoms with E-state index in [1.807, 2.05) is 17.0 Å². The van der Waals surface area contributed by atoms with Crippen molar-refractivity contribution in [1.29, 1.82) is 0 Å². The first-order chi connectivity index (χ1) is 14.2. The Labute approximate surface area is 170 Å². The van der Waals surface area contributed by atoms with Crippen LogP contribution in [0.1, 0.15) is 32.1 Å². The zero-order valence-corrected chi connectivity index (χ0v) is 16.8. The van der Waals surface area contributed by atoms with Crippen molar-refractivity contribution in [2.75, 3.05) is 50.8 Å². The maximum atomic E-state index is 12.9. The van der Waals surface area contributed by atoms with Crippen molar-refractivity contribution >= 4 is 23.2 Å². The van der Waals surface area contributed by atoms with Gasteiger partial charge in [0.05, 0.1) is 12.2 Å². The van der Waals surface area contributed by atoms with Gasteiger partial charge in [0.2, 0.25) is 11.6 Å². The molecule has 3 fully saturated rings. The molecule has 5 rings (SSSR count). The average molecular weight is 399 g/mol. The third-order valence-corrected chi connectivity index (χ3v) is 6.57. The van der Waals surface area contributed by atoms with Crippen LogP contribution in [0.4, 0.5) is 6.01 Å². The average Bonchev–Trinajstić information content (AvgIpc) is 3.19. The maximum absolute atomic E-state index is 12.9. The molecule has 8 nitrogen and oxygen atoms in total. The Morgan fingerprint density at radius 2 is 2.21 bits per heavy atom. The minimum atomic E-state index is -0.0579. The van der Waals surface area contributed by atoms with Gasteiger partial charge in [0, 0.05) is 51.9 Å². The Balaban J connectivity index is 1.17. The van der Waals surface area contributed by atoms with Gasteiger partial charge < -0.3 is 24.3 Å². The molecule has 3 aliphatic heterocycles. The minimum Gasteiger partial charge on any atom is -0.422 e. The van der Waals surface area contributed by atoms with E-state index in [0.717, 1.165) is 71.6 Å². The van der Waals surface area contributed by atoms with Crippen LogP contribution >= 0.6 is 0 Å². The van der Waals surface area contributed by atoms with Crippen molar-refractivity contribution < 1.29 is 13.9 Å². The molecular weight excluding hydrogens is 370 g/mol. The lowest BCUT2D eigenvalue weighted by molar-refractivity contribution is -0.141. The summed E-state index contributed by atoms with van der Waals surface area (Å²) in [5.74, 6) is 0.609. The van der Waals surface area contributed by atoms with E-state index < -0.39 is 0 Å². The number of fused-ring (bicyclic) bond motifs is 1. The smallest absolute Gasteiger partial charge is 0.299 e. The number of likely N-dealkylation sites (tertiary alicyclic amines) is 1. The number of carbonyl (C=O) groups excluding carboxylic acids is 1. The molecule has 1 N–H and O–H groups in total. The van der Waals surface area contributed by atoms with Crippen LogP contribution in [-0.2, 0) is 9.53 Å². The summed E-state index contributed by atoms with van der Waals surface area (Å²) < 4.78 is 11.9. The number of hydrogen-bond donors (Lipinski definition) is 1. The molecule has 1 atom stereocenters. The van der Waals surface area contributed by atoms with Crippen LogP contribution in [-0.4, -0.2) is 72.3 Å². The number of ether oxygens (including phenoxy) is 1. The molecule has 1 unspecified atom stereocenters. The first kappa shape index (κ1) is 18.8. The third-order valence-electron chi connectivity index (χ3n) is 6.57. The van der Waals surface area contributed by atoms with Crippen LogP contribution in [0.5, 0.6) is 0 Å². The van der Waals surface area contributed by atoms with Crippen molar-refractivity contribution in [3.8, 4) is 0 Å². The van der Waals surface area contributed by atoms with Gasteiger partial charge in [-0.1, -0.05) is 0 Å². The van der Waals surface area contributed by atoms with Gasteiger partial charge in [-0.25, -0.2) is 4.98 Å². The fraction of sp³-hybridized carbons (Fsp3) is 0.667. The van der Waals surface area contributed by atoms with E-state index in [1.165, 1.54) is 0 Å². The van der Waals surface area contributed by atoms with E-state index in [9.17, 15) is 4.79 Å². The second kappa shape index (κ2) is 7.91. The molecule has 1 spiro atoms. The van der Waals surface area contributed by atoms with Gasteiger partial charge in [0.15, 0.2) is 5.58 Å². The first-order valence-electron chi connectivity index (χ1n) is 10.8. The van der Waals surface area contributed by atoms with E-state index >= 15 is 0 Å². The predicted octanol–water partition coefficient (Wildman–Crippen LogP) is 1.81. The van der Waals surface area contributed by atoms with Crippen LogP contribution in [0.25, 0.3) is 11.2 Å². The molecule has 156 valence electrons. The normalized spacial score (nSPS) is 24.9. The monoisotopic (exact) mass is 399 g/mol. The molecule has 3 saturated heterocycles. The predicted molar refractivity (Wildman–Crippen MR) is 109 cm³/mol. The van der Waals surface area contributed by atoms with Crippen LogP contribution in [0.15, 0.2) is 22.7 Å². The molecule has 0 bridgehead atoms. The van der Waals surface area contributed by atoms with Crippen LogP contribution in [0.3, 0.4) is 0 Å². The Morgan fingerprint density at radius 1 is 1.31 bits per heavy atom. The largest absolute Gasteiger partial charge is 0.422 e. The standard InChI is InChI=1S/C21H29N5O3/c27-18(25-10-5-21(6-11-25)15-22-8-12-28-21)13-16-3-2-9-26(14-16)20-24-19-17(29-20)4-1-7-23-19/h1,4,7,16,22H,2-3,5-6,8-15H2. The van der Waals surface area contributed by atoms with E-state index in [4.69, 9.17) is 9.15 Å². The van der Waals surface area contributed by atoms with Crippen molar-refractivity contribution in [2.45, 2.75) is 37.7 Å². The van der Waals surface area contributed by atoms with E-state index in [-0.39, 0.29) is 11.5 Å². The number of oxazole rings is 1. The molecule has 1 amide bonds. The van der Waals surface area contributed by atoms with Crippen molar-refractivity contribution in [1.82, 2.24) is 20.2 Å². The zero-order chi connectivity index (χ0) is 19.7. The fourth-order valence-corrected chi connectivity index (χ4v) is 4.87. The van der Waals surface area contributed by atoms with E-state index in [0.29, 0.717) is 29.6 Å². The van der Waals surface area contributed by atoms with Gasteiger partial charge >= 0.3 is 0 Å². The number of rotatable bonds is 3. The summed E-state index contributed by atoms with van der Waals surface area (Å²) in [6, 6.07) is 4.36. The van der Waals surface area contributed by atoms with Gasteiger partial charge in [-0.2, -0.15) is 4.98 Å². The number of nitrogens with zero attached hydrogens (tertiary/aromatic N) is 4. The number of carbonyl (C=O) groups is 1. The number of hydrogen-bond acceptors (Lipinski definition) is 7. The maximum Gasteiger partial charge on any atom is 0.299 e. The number of nitrogens with one attached hydrogen (secondary N) is 1. The molecule has 0 aromatic carbocycles. The summed E-state index contributed by atoms with van der Waals surface area (Å²) >= 11 is 0. The second-order valence-corrected chi connectivity index (χ2v) is 8.57. The van der Waals surface area contributed by atoms with E-state index in [1.54, 1.807) is 6.20 Å². The Morgan fingerprint density at radius 3 is 3.00 bits per heavy atom. The lowest BCUT2D eigenvalue weighted by Crippen LogP contribution is -2.56. The molecular formula is C21H29N5O3. The molecule has 2 aromatic rings. The highest BCUT2D eigenvalue weighted by Gasteiger charge is 2.38. The summed E-state index contributed by atoms with van der Waals surface area (Å²) in [5, 5.41) is 3.43. The summed E-state index contributed by atoms with van der Waals surface area (Å²) in [4.78, 5) is 25.9. The molecule has 0 aliphatic carbocycles. The number of anilines is 1. The van der Waals surface area contributed by atoms with Crippen LogP contribution in [0, 0.1) is 5.92 Å². The van der Waals surface area contributed by atoms with Crippen molar-refractivity contribution in [3.05, 3.63) is 18.3 Å². The molecule has 2 aromatic heterocycles. The van der Waals surface area contributed by atoms with Gasteiger partial charge in [0.25, 0.3) is 6.01 Å². The zero-order valence-electron chi connectivity index (χ0n) is 16.8. The summed E-state index contributed by atoms with van der Waals surface area (Å²) in [5.41, 5.74) is 1.29. The van der Waals surface area contributed by atoms with Gasteiger partial charge in [-0.15, -0.1) is 0 Å². The summed E-state index contributed by atoms with van der Waals surface area (Å²) in [6.07, 6.45) is 6.31. The summed E-state index contributed by atoms with van der Waals surface area (Å²) in [7, 11) is 0. The number of morpholine rings is 1. The topological polar surface area (TPSA) is 83.7 Å². The van der Waals surface area contributed by atoms with Crippen LogP contribution < -0.4 is 10.2 Å². The number of aromatic nitrogens is 2. The SMILES string of the molecule is O=C(CC1CCCN(c2nc3ncccc3o2)C1)N1CCC2(CC1)CNCCO2. The summed E-state index contributed by atoms with van der Waals surface area (Å²) in [6.45, 7) is 5.93. The lowest BCUT2D eigenvalue weighted by atomic mass is 9.89. The minimum absolute atomic E-state index is 0.0579. The molecule has 0 radical (unpaired) electrons. The number of piperidine rings is 2. The van der Waals surface area contributed by atoms with Gasteiger partial charge in [0.1, 0.15) is 0 Å². The highest BCUT2D eigenvalue weighted by atomic mass is 16.5. The highest BCUT2D eigenvalue weighted by Crippen LogP contribution is 2.30. The number of pyridine rings is 1. The highest BCUT2D eigenvalue weighted by molar-refractivity contribution is 5.76. The second-order valence-electron chi connectivity index (χ2n) is 8.57. The molecule has 3 aliphatic rings.